The van der Waals surface area contributed by atoms with Gasteiger partial charge in [-0.05, 0) is 39.3 Å². The average molecular weight is 316 g/mol. The Morgan fingerprint density at radius 2 is 2.00 bits per heavy atom. The number of rotatable bonds is 7. The zero-order valence-electron chi connectivity index (χ0n) is 13.0. The fraction of sp³-hybridized carbons (Fsp3) is 0.643. The number of amides is 1. The minimum atomic E-state index is -3.12. The minimum absolute atomic E-state index is 0.0489. The fourth-order valence-corrected chi connectivity index (χ4v) is 2.61. The normalized spacial score (nSPS) is 13.4. The molecule has 1 aromatic heterocycles. The third-order valence-electron chi connectivity index (χ3n) is 3.15. The molecule has 0 fully saturated rings. The van der Waals surface area contributed by atoms with Gasteiger partial charge >= 0.3 is 0 Å². The second kappa shape index (κ2) is 7.09. The van der Waals surface area contributed by atoms with Gasteiger partial charge in [0, 0.05) is 12.3 Å². The van der Waals surface area contributed by atoms with Crippen molar-refractivity contribution in [2.75, 3.05) is 12.0 Å². The van der Waals surface area contributed by atoms with E-state index in [1.165, 1.54) is 0 Å². The molecule has 0 saturated heterocycles. The Morgan fingerprint density at radius 3 is 2.43 bits per heavy atom. The van der Waals surface area contributed by atoms with Crippen LogP contribution in [0.25, 0.3) is 0 Å². The number of aryl methyl sites for hydroxylation is 1. The predicted octanol–water partition coefficient (Wildman–Crippen LogP) is 1.09. The van der Waals surface area contributed by atoms with Crippen LogP contribution in [0.15, 0.2) is 16.5 Å². The molecule has 1 amide bonds. The smallest absolute Gasteiger partial charge is 0.240 e. The van der Waals surface area contributed by atoms with E-state index in [2.05, 4.69) is 0 Å². The van der Waals surface area contributed by atoms with E-state index in [1.807, 2.05) is 32.9 Å². The first-order valence-electron chi connectivity index (χ1n) is 6.89. The van der Waals surface area contributed by atoms with Crippen molar-refractivity contribution >= 4 is 15.7 Å². The van der Waals surface area contributed by atoms with Gasteiger partial charge in [-0.15, -0.1) is 0 Å². The summed E-state index contributed by atoms with van der Waals surface area (Å²) in [6.07, 6.45) is 1.26. The maximum Gasteiger partial charge on any atom is 0.240 e. The molecule has 0 aliphatic heterocycles. The topological polar surface area (TPSA) is 93.6 Å². The largest absolute Gasteiger partial charge is 0.464 e. The van der Waals surface area contributed by atoms with E-state index in [-0.39, 0.29) is 24.1 Å². The van der Waals surface area contributed by atoms with Crippen LogP contribution in [0.3, 0.4) is 0 Å². The SMILES string of the molecule is Cc1ccc(CN(C(=O)C(N)CCS(C)(=O)=O)C(C)C)o1. The highest BCUT2D eigenvalue weighted by atomic mass is 32.2. The standard InChI is InChI=1S/C14H24N2O4S/c1-10(2)16(9-12-6-5-11(3)20-12)14(17)13(15)7-8-21(4,18)19/h5-6,10,13H,7-9,15H2,1-4H3. The molecule has 0 bridgehead atoms. The Kier molecular flexibility index (Phi) is 5.98. The van der Waals surface area contributed by atoms with Crippen LogP contribution in [-0.4, -0.2) is 43.3 Å². The molecular weight excluding hydrogens is 292 g/mol. The molecule has 6 nitrogen and oxygen atoms in total. The van der Waals surface area contributed by atoms with Crippen LogP contribution in [0, 0.1) is 6.92 Å². The maximum atomic E-state index is 12.4. The van der Waals surface area contributed by atoms with Gasteiger partial charge in [0.2, 0.25) is 5.91 Å². The van der Waals surface area contributed by atoms with E-state index in [0.29, 0.717) is 12.3 Å². The van der Waals surface area contributed by atoms with Crippen LogP contribution in [-0.2, 0) is 21.2 Å². The maximum absolute atomic E-state index is 12.4. The zero-order chi connectivity index (χ0) is 16.2. The van der Waals surface area contributed by atoms with Gasteiger partial charge in [-0.25, -0.2) is 8.42 Å². The fourth-order valence-electron chi connectivity index (χ4n) is 1.93. The summed E-state index contributed by atoms with van der Waals surface area (Å²) < 4.78 is 27.8. The summed E-state index contributed by atoms with van der Waals surface area (Å²) in [6, 6.07) is 2.78. The lowest BCUT2D eigenvalue weighted by molar-refractivity contribution is -0.135. The molecule has 1 heterocycles. The molecular formula is C14H24N2O4S. The number of hydrogen-bond donors (Lipinski definition) is 1. The Labute approximate surface area is 126 Å². The molecule has 0 radical (unpaired) electrons. The number of furan rings is 1. The van der Waals surface area contributed by atoms with Crippen LogP contribution < -0.4 is 5.73 Å². The van der Waals surface area contributed by atoms with Crippen LogP contribution >= 0.6 is 0 Å². The average Bonchev–Trinajstić information content (AvgIpc) is 2.76. The van der Waals surface area contributed by atoms with E-state index in [0.717, 1.165) is 12.0 Å². The van der Waals surface area contributed by atoms with E-state index >= 15 is 0 Å². The van der Waals surface area contributed by atoms with Crippen LogP contribution in [0.5, 0.6) is 0 Å². The molecule has 1 atom stereocenters. The summed E-state index contributed by atoms with van der Waals surface area (Å²) in [5.41, 5.74) is 5.84. The van der Waals surface area contributed by atoms with Crippen molar-refractivity contribution in [2.45, 2.75) is 45.8 Å². The molecule has 7 heteroatoms. The second-order valence-corrected chi connectivity index (χ2v) is 7.86. The van der Waals surface area contributed by atoms with Gasteiger partial charge < -0.3 is 15.1 Å². The van der Waals surface area contributed by atoms with Crippen molar-refractivity contribution in [3.63, 3.8) is 0 Å². The first kappa shape index (κ1) is 17.7. The van der Waals surface area contributed by atoms with Gasteiger partial charge in [-0.1, -0.05) is 0 Å². The summed E-state index contributed by atoms with van der Waals surface area (Å²) in [4.78, 5) is 14.0. The van der Waals surface area contributed by atoms with Crippen molar-refractivity contribution in [3.8, 4) is 0 Å². The number of carbonyl (C=O) groups is 1. The number of nitrogens with two attached hydrogens (primary N) is 1. The van der Waals surface area contributed by atoms with Gasteiger partial charge in [0.05, 0.1) is 18.3 Å². The lowest BCUT2D eigenvalue weighted by Gasteiger charge is -2.28. The van der Waals surface area contributed by atoms with Gasteiger partial charge in [-0.2, -0.15) is 0 Å². The Bertz CT molecular complexity index is 578. The predicted molar refractivity (Wildman–Crippen MR) is 81.4 cm³/mol. The summed E-state index contributed by atoms with van der Waals surface area (Å²) >= 11 is 0. The summed E-state index contributed by atoms with van der Waals surface area (Å²) in [7, 11) is -3.12. The lowest BCUT2D eigenvalue weighted by Crippen LogP contribution is -2.47. The van der Waals surface area contributed by atoms with Crippen molar-refractivity contribution in [1.82, 2.24) is 4.90 Å². The van der Waals surface area contributed by atoms with Crippen LogP contribution in [0.4, 0.5) is 0 Å². The van der Waals surface area contributed by atoms with E-state index in [1.54, 1.807) is 4.90 Å². The summed E-state index contributed by atoms with van der Waals surface area (Å²) in [5.74, 6) is 1.11. The summed E-state index contributed by atoms with van der Waals surface area (Å²) in [6.45, 7) is 5.94. The molecule has 0 spiro atoms. The van der Waals surface area contributed by atoms with Crippen molar-refractivity contribution in [2.24, 2.45) is 5.73 Å². The molecule has 1 unspecified atom stereocenters. The van der Waals surface area contributed by atoms with Gasteiger partial charge in [0.25, 0.3) is 0 Å². The van der Waals surface area contributed by atoms with Crippen molar-refractivity contribution < 1.29 is 17.6 Å². The number of sulfone groups is 1. The molecule has 120 valence electrons. The molecule has 0 aromatic carbocycles. The first-order valence-corrected chi connectivity index (χ1v) is 8.95. The number of carbonyl (C=O) groups excluding carboxylic acids is 1. The highest BCUT2D eigenvalue weighted by Crippen LogP contribution is 2.13. The third-order valence-corrected chi connectivity index (χ3v) is 4.12. The number of hydrogen-bond acceptors (Lipinski definition) is 5. The van der Waals surface area contributed by atoms with E-state index in [9.17, 15) is 13.2 Å². The van der Waals surface area contributed by atoms with Gasteiger partial charge in [0.15, 0.2) is 0 Å². The molecule has 0 saturated carbocycles. The summed E-state index contributed by atoms with van der Waals surface area (Å²) in [5, 5.41) is 0. The lowest BCUT2D eigenvalue weighted by atomic mass is 10.1. The Balaban J connectivity index is 2.73. The third kappa shape index (κ3) is 5.89. The van der Waals surface area contributed by atoms with Crippen LogP contribution in [0.1, 0.15) is 31.8 Å². The molecule has 0 aliphatic carbocycles. The van der Waals surface area contributed by atoms with E-state index in [4.69, 9.17) is 10.2 Å². The Morgan fingerprint density at radius 1 is 1.38 bits per heavy atom. The molecule has 2 N–H and O–H groups in total. The first-order chi connectivity index (χ1) is 9.60. The Hall–Kier alpha value is -1.34. The highest BCUT2D eigenvalue weighted by molar-refractivity contribution is 7.90. The van der Waals surface area contributed by atoms with E-state index < -0.39 is 15.9 Å². The molecule has 1 rings (SSSR count). The monoisotopic (exact) mass is 316 g/mol. The van der Waals surface area contributed by atoms with Crippen molar-refractivity contribution in [1.29, 1.82) is 0 Å². The van der Waals surface area contributed by atoms with Gasteiger partial charge in [0.1, 0.15) is 21.4 Å². The minimum Gasteiger partial charge on any atom is -0.464 e. The second-order valence-electron chi connectivity index (χ2n) is 5.60. The molecule has 21 heavy (non-hydrogen) atoms. The number of nitrogens with zero attached hydrogens (tertiary/aromatic N) is 1. The molecule has 1 aromatic rings. The zero-order valence-corrected chi connectivity index (χ0v) is 13.8. The van der Waals surface area contributed by atoms with Gasteiger partial charge in [-0.3, -0.25) is 4.79 Å². The van der Waals surface area contributed by atoms with Crippen molar-refractivity contribution in [3.05, 3.63) is 23.7 Å². The molecule has 0 aliphatic rings. The highest BCUT2D eigenvalue weighted by Gasteiger charge is 2.25. The quantitative estimate of drug-likeness (QED) is 0.812. The van der Waals surface area contributed by atoms with Crippen LogP contribution in [0.2, 0.25) is 0 Å².